The van der Waals surface area contributed by atoms with Crippen molar-refractivity contribution in [3.63, 3.8) is 0 Å². The van der Waals surface area contributed by atoms with Crippen LogP contribution in [0, 0.1) is 5.41 Å². The standard InChI is InChI=1S/C10H16O2S/c1-10(2)5-7(11)9(13(3)4)8(12)6-10/h5-6H2,1-4H3. The summed E-state index contributed by atoms with van der Waals surface area (Å²) in [7, 11) is -0.178. The molecule has 0 saturated heterocycles. The van der Waals surface area contributed by atoms with Gasteiger partial charge in [-0.15, -0.1) is 0 Å². The van der Waals surface area contributed by atoms with Crippen molar-refractivity contribution >= 4 is 26.9 Å². The van der Waals surface area contributed by atoms with E-state index in [1.165, 1.54) is 0 Å². The Labute approximate surface area is 81.6 Å². The molecule has 0 spiro atoms. The van der Waals surface area contributed by atoms with E-state index in [1.54, 1.807) is 0 Å². The smallest absolute Gasteiger partial charge is 0.172 e. The molecule has 0 amide bonds. The van der Waals surface area contributed by atoms with E-state index in [4.69, 9.17) is 0 Å². The van der Waals surface area contributed by atoms with Gasteiger partial charge in [-0.3, -0.25) is 9.59 Å². The second-order valence-electron chi connectivity index (χ2n) is 4.51. The van der Waals surface area contributed by atoms with Crippen LogP contribution in [-0.4, -0.2) is 28.9 Å². The van der Waals surface area contributed by atoms with Crippen molar-refractivity contribution in [2.24, 2.45) is 5.41 Å². The summed E-state index contributed by atoms with van der Waals surface area (Å²) >= 11 is 0. The third kappa shape index (κ3) is 2.27. The van der Waals surface area contributed by atoms with Crippen molar-refractivity contribution in [3.8, 4) is 0 Å². The molecule has 74 valence electrons. The first-order chi connectivity index (χ1) is 5.83. The summed E-state index contributed by atoms with van der Waals surface area (Å²) in [5.41, 5.74) is -0.128. The van der Waals surface area contributed by atoms with Gasteiger partial charge in [0.15, 0.2) is 11.6 Å². The van der Waals surface area contributed by atoms with E-state index in [0.29, 0.717) is 17.7 Å². The number of carbonyl (C=O) groups excluding carboxylic acids is 2. The van der Waals surface area contributed by atoms with Gasteiger partial charge in [0.05, 0.1) is 4.86 Å². The summed E-state index contributed by atoms with van der Waals surface area (Å²) in [5.74, 6) is 0.129. The maximum Gasteiger partial charge on any atom is 0.172 e. The molecule has 0 aliphatic heterocycles. The summed E-state index contributed by atoms with van der Waals surface area (Å²) in [5, 5.41) is 0. The highest BCUT2D eigenvalue weighted by Crippen LogP contribution is 2.32. The first-order valence-electron chi connectivity index (χ1n) is 4.34. The molecule has 0 heterocycles. The first-order valence-corrected chi connectivity index (χ1v) is 6.38. The fourth-order valence-corrected chi connectivity index (χ4v) is 2.76. The zero-order chi connectivity index (χ0) is 10.2. The van der Waals surface area contributed by atoms with E-state index in [1.807, 2.05) is 26.4 Å². The van der Waals surface area contributed by atoms with Crippen LogP contribution < -0.4 is 0 Å². The Hall–Kier alpha value is -0.440. The van der Waals surface area contributed by atoms with Crippen LogP contribution in [0.3, 0.4) is 0 Å². The van der Waals surface area contributed by atoms with Gasteiger partial charge in [-0.05, 0) is 17.9 Å². The Bertz CT molecular complexity index is 274. The normalized spacial score (nSPS) is 22.7. The summed E-state index contributed by atoms with van der Waals surface area (Å²) in [6.07, 6.45) is 4.92. The molecule has 2 nitrogen and oxygen atoms in total. The molecule has 1 fully saturated rings. The molecule has 0 atom stereocenters. The van der Waals surface area contributed by atoms with Crippen LogP contribution in [0.25, 0.3) is 0 Å². The molecule has 0 aromatic rings. The van der Waals surface area contributed by atoms with Crippen LogP contribution in [0.4, 0.5) is 0 Å². The van der Waals surface area contributed by atoms with Gasteiger partial charge in [0.2, 0.25) is 0 Å². The number of rotatable bonds is 0. The van der Waals surface area contributed by atoms with E-state index in [-0.39, 0.29) is 27.5 Å². The summed E-state index contributed by atoms with van der Waals surface area (Å²) in [6, 6.07) is 0. The molecule has 1 aliphatic rings. The molecular formula is C10H16O2S. The van der Waals surface area contributed by atoms with Gasteiger partial charge in [0.25, 0.3) is 0 Å². The summed E-state index contributed by atoms with van der Waals surface area (Å²) in [4.78, 5) is 23.8. The van der Waals surface area contributed by atoms with Crippen LogP contribution in [-0.2, 0) is 9.59 Å². The molecule has 13 heavy (non-hydrogen) atoms. The topological polar surface area (TPSA) is 34.1 Å². The minimum absolute atomic E-state index is 0.0644. The molecule has 1 saturated carbocycles. The molecule has 0 unspecified atom stereocenters. The van der Waals surface area contributed by atoms with Crippen molar-refractivity contribution in [3.05, 3.63) is 0 Å². The van der Waals surface area contributed by atoms with E-state index in [0.717, 1.165) is 0 Å². The summed E-state index contributed by atoms with van der Waals surface area (Å²) in [6.45, 7) is 3.95. The predicted molar refractivity (Wildman–Crippen MR) is 57.5 cm³/mol. The number of ketones is 2. The van der Waals surface area contributed by atoms with Crippen LogP contribution >= 0.6 is 10.5 Å². The maximum absolute atomic E-state index is 11.6. The number of hydrogen-bond donors (Lipinski definition) is 0. The Morgan fingerprint density at radius 3 is 1.77 bits per heavy atom. The molecule has 0 aromatic carbocycles. The lowest BCUT2D eigenvalue weighted by Crippen LogP contribution is -2.37. The van der Waals surface area contributed by atoms with Crippen molar-refractivity contribution in [2.45, 2.75) is 26.7 Å². The van der Waals surface area contributed by atoms with Crippen molar-refractivity contribution in [2.75, 3.05) is 12.5 Å². The average Bonchev–Trinajstić information content (AvgIpc) is 1.78. The van der Waals surface area contributed by atoms with Crippen molar-refractivity contribution in [1.29, 1.82) is 0 Å². The van der Waals surface area contributed by atoms with Crippen molar-refractivity contribution in [1.82, 2.24) is 0 Å². The van der Waals surface area contributed by atoms with E-state index >= 15 is 0 Å². The highest BCUT2D eigenvalue weighted by Gasteiger charge is 2.35. The Kier molecular flexibility index (Phi) is 2.76. The lowest BCUT2D eigenvalue weighted by molar-refractivity contribution is -0.122. The van der Waals surface area contributed by atoms with Crippen LogP contribution in [0.5, 0.6) is 0 Å². The van der Waals surface area contributed by atoms with Gasteiger partial charge in [0.1, 0.15) is 0 Å². The monoisotopic (exact) mass is 200 g/mol. The minimum Gasteiger partial charge on any atom is -0.293 e. The number of hydrogen-bond acceptors (Lipinski definition) is 2. The number of carbonyl (C=O) groups is 2. The van der Waals surface area contributed by atoms with Crippen LogP contribution in [0.15, 0.2) is 0 Å². The highest BCUT2D eigenvalue weighted by atomic mass is 32.2. The fraction of sp³-hybridized carbons (Fsp3) is 0.700. The van der Waals surface area contributed by atoms with Crippen LogP contribution in [0.1, 0.15) is 26.7 Å². The van der Waals surface area contributed by atoms with Crippen molar-refractivity contribution < 1.29 is 9.59 Å². The van der Waals surface area contributed by atoms with E-state index in [9.17, 15) is 9.59 Å². The highest BCUT2D eigenvalue weighted by molar-refractivity contribution is 8.16. The molecule has 0 radical (unpaired) electrons. The predicted octanol–water partition coefficient (Wildman–Crippen LogP) is 1.65. The Morgan fingerprint density at radius 2 is 1.46 bits per heavy atom. The third-order valence-corrected chi connectivity index (χ3v) is 3.46. The zero-order valence-electron chi connectivity index (χ0n) is 8.64. The Balaban J connectivity index is 3.04. The fourth-order valence-electron chi connectivity index (χ4n) is 1.70. The third-order valence-electron chi connectivity index (χ3n) is 2.19. The quantitative estimate of drug-likeness (QED) is 0.557. The molecule has 1 aliphatic carbocycles. The van der Waals surface area contributed by atoms with Gasteiger partial charge in [-0.2, -0.15) is 10.5 Å². The second kappa shape index (κ2) is 3.37. The van der Waals surface area contributed by atoms with Crippen LogP contribution in [0.2, 0.25) is 0 Å². The van der Waals surface area contributed by atoms with Gasteiger partial charge in [-0.25, -0.2) is 0 Å². The molecule has 0 aromatic heterocycles. The molecule has 0 bridgehead atoms. The van der Waals surface area contributed by atoms with E-state index in [2.05, 4.69) is 0 Å². The molecule has 1 rings (SSSR count). The maximum atomic E-state index is 11.6. The lowest BCUT2D eigenvalue weighted by Gasteiger charge is -2.28. The van der Waals surface area contributed by atoms with Gasteiger partial charge in [0, 0.05) is 12.8 Å². The molecule has 0 N–H and O–H groups in total. The summed E-state index contributed by atoms with van der Waals surface area (Å²) < 4.78 is 0. The zero-order valence-corrected chi connectivity index (χ0v) is 9.46. The second-order valence-corrected chi connectivity index (χ2v) is 6.55. The molecule has 3 heteroatoms. The van der Waals surface area contributed by atoms with Gasteiger partial charge < -0.3 is 0 Å². The minimum atomic E-state index is -0.178. The first kappa shape index (κ1) is 10.6. The number of Topliss-reactive ketones (excluding diaryl/α,β-unsaturated/α-hetero) is 2. The average molecular weight is 200 g/mol. The molecular weight excluding hydrogens is 184 g/mol. The van der Waals surface area contributed by atoms with E-state index < -0.39 is 0 Å². The lowest BCUT2D eigenvalue weighted by atomic mass is 9.76. The SMILES string of the molecule is CS(C)=C1C(=O)CC(C)(C)CC1=O. The largest absolute Gasteiger partial charge is 0.293 e. The Morgan fingerprint density at radius 1 is 1.08 bits per heavy atom. The van der Waals surface area contributed by atoms with Gasteiger partial charge in [-0.1, -0.05) is 13.8 Å². The van der Waals surface area contributed by atoms with Gasteiger partial charge >= 0.3 is 0 Å².